The zero-order valence-electron chi connectivity index (χ0n) is 10.7. The summed E-state index contributed by atoms with van der Waals surface area (Å²) in [4.78, 5) is 11.2. The molecule has 2 heterocycles. The van der Waals surface area contributed by atoms with Gasteiger partial charge in [-0.05, 0) is 0 Å². The molecule has 0 aliphatic carbocycles. The molecule has 0 saturated carbocycles. The maximum Gasteiger partial charge on any atom is 0.217 e. The maximum atomic E-state index is 11.2. The van der Waals surface area contributed by atoms with Crippen LogP contribution in [0, 0.1) is 0 Å². The van der Waals surface area contributed by atoms with E-state index in [2.05, 4.69) is 5.32 Å². The van der Waals surface area contributed by atoms with Crippen LogP contribution in [0.4, 0.5) is 0 Å². The van der Waals surface area contributed by atoms with Gasteiger partial charge < -0.3 is 29.4 Å². The first-order valence-electron chi connectivity index (χ1n) is 5.81. The quantitative estimate of drug-likeness (QED) is 0.650. The van der Waals surface area contributed by atoms with Crippen molar-refractivity contribution in [3.63, 3.8) is 0 Å². The van der Waals surface area contributed by atoms with Gasteiger partial charge >= 0.3 is 0 Å². The normalized spacial score (nSPS) is 42.9. The molecule has 0 aromatic heterocycles. The molecule has 0 spiro atoms. The molecule has 0 unspecified atom stereocenters. The monoisotopic (exact) mass is 261 g/mol. The first kappa shape index (κ1) is 13.7. The molecule has 5 atom stereocenters. The Bertz CT molecular complexity index is 325. The average Bonchev–Trinajstić information content (AvgIpc) is 2.74. The molecule has 2 N–H and O–H groups in total. The summed E-state index contributed by atoms with van der Waals surface area (Å²) in [5.74, 6) is -0.201. The van der Waals surface area contributed by atoms with Crippen LogP contribution >= 0.6 is 0 Å². The molecule has 2 saturated heterocycles. The van der Waals surface area contributed by atoms with Crippen molar-refractivity contribution in [2.45, 2.75) is 37.1 Å². The van der Waals surface area contributed by atoms with Crippen LogP contribution in [0.5, 0.6) is 0 Å². The van der Waals surface area contributed by atoms with Gasteiger partial charge in [-0.15, -0.1) is 0 Å². The van der Waals surface area contributed by atoms with Gasteiger partial charge in [0.2, 0.25) is 5.91 Å². The van der Waals surface area contributed by atoms with Crippen LogP contribution in [0.3, 0.4) is 0 Å². The van der Waals surface area contributed by atoms with Crippen molar-refractivity contribution < 1.29 is 28.8 Å². The number of fused-ring (bicyclic) bond motifs is 2. The highest BCUT2D eigenvalue weighted by Crippen LogP contribution is 2.39. The lowest BCUT2D eigenvalue weighted by Gasteiger charge is -2.45. The summed E-state index contributed by atoms with van der Waals surface area (Å²) < 4.78 is 22.0. The average molecular weight is 261 g/mol. The Labute approximate surface area is 105 Å². The largest absolute Gasteiger partial charge is 0.393 e. The molecular weight excluding hydrogens is 242 g/mol. The Balaban J connectivity index is 2.27. The fourth-order valence-corrected chi connectivity index (χ4v) is 2.67. The van der Waals surface area contributed by atoms with Crippen molar-refractivity contribution >= 4 is 5.91 Å². The van der Waals surface area contributed by atoms with E-state index in [-0.39, 0.29) is 19.1 Å². The Hall–Kier alpha value is -0.730. The number of methoxy groups -OCH3 is 2. The number of ether oxygens (including phenoxy) is 4. The molecule has 0 aromatic carbocycles. The second-order valence-corrected chi connectivity index (χ2v) is 4.60. The van der Waals surface area contributed by atoms with Crippen LogP contribution in [0.25, 0.3) is 0 Å². The second-order valence-electron chi connectivity index (χ2n) is 4.60. The van der Waals surface area contributed by atoms with Crippen molar-refractivity contribution in [2.24, 2.45) is 0 Å². The molecule has 7 heteroatoms. The van der Waals surface area contributed by atoms with Crippen molar-refractivity contribution in [1.82, 2.24) is 5.32 Å². The van der Waals surface area contributed by atoms with E-state index in [1.807, 2.05) is 0 Å². The van der Waals surface area contributed by atoms with Gasteiger partial charge in [-0.25, -0.2) is 0 Å². The van der Waals surface area contributed by atoms with Crippen LogP contribution in [0.2, 0.25) is 0 Å². The number of aliphatic hydroxyl groups is 1. The van der Waals surface area contributed by atoms with Crippen molar-refractivity contribution in [3.8, 4) is 0 Å². The summed E-state index contributed by atoms with van der Waals surface area (Å²) in [6.45, 7) is 1.40. The summed E-state index contributed by atoms with van der Waals surface area (Å²) >= 11 is 0. The highest BCUT2D eigenvalue weighted by atomic mass is 16.8. The molecule has 2 aliphatic rings. The summed E-state index contributed by atoms with van der Waals surface area (Å²) in [6, 6.07) is -0.459. The highest BCUT2D eigenvalue weighted by molar-refractivity contribution is 5.73. The second kappa shape index (κ2) is 5.10. The summed E-state index contributed by atoms with van der Waals surface area (Å²) in [7, 11) is 3.04. The lowest BCUT2D eigenvalue weighted by atomic mass is 9.88. The number of amides is 1. The van der Waals surface area contributed by atoms with Crippen LogP contribution in [-0.2, 0) is 23.7 Å². The SMILES string of the molecule is CO[C@@H]1[C@@H](NC(C)=O)[C@H]2OC[C@](CO)(O2)[C@@H]1OC. The zero-order valence-corrected chi connectivity index (χ0v) is 10.7. The Morgan fingerprint density at radius 3 is 2.72 bits per heavy atom. The minimum absolute atomic E-state index is 0.201. The fraction of sp³-hybridized carbons (Fsp3) is 0.909. The zero-order chi connectivity index (χ0) is 13.3. The molecule has 1 amide bonds. The summed E-state index contributed by atoms with van der Waals surface area (Å²) in [6.07, 6.45) is -1.58. The van der Waals surface area contributed by atoms with E-state index >= 15 is 0 Å². The Morgan fingerprint density at radius 2 is 2.22 bits per heavy atom. The molecule has 104 valence electrons. The van der Waals surface area contributed by atoms with E-state index in [0.717, 1.165) is 0 Å². The predicted octanol–water partition coefficient (Wildman–Crippen LogP) is -1.36. The third kappa shape index (κ3) is 2.02. The molecule has 2 aliphatic heterocycles. The predicted molar refractivity (Wildman–Crippen MR) is 59.8 cm³/mol. The Morgan fingerprint density at radius 1 is 1.50 bits per heavy atom. The van der Waals surface area contributed by atoms with Gasteiger partial charge in [0.1, 0.15) is 23.9 Å². The van der Waals surface area contributed by atoms with Crippen LogP contribution in [0.1, 0.15) is 6.92 Å². The van der Waals surface area contributed by atoms with Gasteiger partial charge in [0.15, 0.2) is 6.29 Å². The molecule has 2 fully saturated rings. The van der Waals surface area contributed by atoms with Crippen molar-refractivity contribution in [2.75, 3.05) is 27.4 Å². The van der Waals surface area contributed by atoms with Gasteiger partial charge in [-0.1, -0.05) is 0 Å². The number of hydrogen-bond donors (Lipinski definition) is 2. The lowest BCUT2D eigenvalue weighted by Crippen LogP contribution is -2.67. The topological polar surface area (TPSA) is 86.3 Å². The molecule has 2 rings (SSSR count). The van der Waals surface area contributed by atoms with Crippen LogP contribution in [0.15, 0.2) is 0 Å². The number of rotatable bonds is 4. The van der Waals surface area contributed by atoms with Gasteiger partial charge in [-0.2, -0.15) is 0 Å². The van der Waals surface area contributed by atoms with E-state index < -0.39 is 30.1 Å². The molecule has 0 radical (unpaired) electrons. The fourth-order valence-electron chi connectivity index (χ4n) is 2.67. The molecule has 18 heavy (non-hydrogen) atoms. The first-order valence-corrected chi connectivity index (χ1v) is 5.81. The van der Waals surface area contributed by atoms with E-state index in [4.69, 9.17) is 18.9 Å². The van der Waals surface area contributed by atoms with Crippen LogP contribution < -0.4 is 5.32 Å². The smallest absolute Gasteiger partial charge is 0.217 e. The van der Waals surface area contributed by atoms with Crippen molar-refractivity contribution in [1.29, 1.82) is 0 Å². The number of carbonyl (C=O) groups excluding carboxylic acids is 1. The van der Waals surface area contributed by atoms with E-state index in [1.54, 1.807) is 0 Å². The highest BCUT2D eigenvalue weighted by Gasteiger charge is 2.60. The number of nitrogens with one attached hydrogen (secondary N) is 1. The van der Waals surface area contributed by atoms with Gasteiger partial charge in [0.25, 0.3) is 0 Å². The van der Waals surface area contributed by atoms with E-state index in [0.29, 0.717) is 0 Å². The van der Waals surface area contributed by atoms with Crippen LogP contribution in [-0.4, -0.2) is 68.6 Å². The van der Waals surface area contributed by atoms with E-state index in [1.165, 1.54) is 21.1 Å². The number of aliphatic hydroxyl groups excluding tert-OH is 1. The van der Waals surface area contributed by atoms with Gasteiger partial charge in [-0.3, -0.25) is 4.79 Å². The van der Waals surface area contributed by atoms with Gasteiger partial charge in [0.05, 0.1) is 13.2 Å². The lowest BCUT2D eigenvalue weighted by molar-refractivity contribution is -0.245. The van der Waals surface area contributed by atoms with E-state index in [9.17, 15) is 9.90 Å². The molecular formula is C11H19NO6. The number of carbonyl (C=O) groups is 1. The Kier molecular flexibility index (Phi) is 3.88. The maximum absolute atomic E-state index is 11.2. The standard InChI is InChI=1S/C11H19NO6/c1-6(14)12-7-8(15-2)9(16-3)11(4-13)5-17-10(7)18-11/h7-10,13H,4-5H2,1-3H3,(H,12,14)/t7-,8-,9-,10+,11+/m1/s1. The number of hydrogen-bond acceptors (Lipinski definition) is 6. The van der Waals surface area contributed by atoms with Gasteiger partial charge in [0, 0.05) is 21.1 Å². The third-order valence-corrected chi connectivity index (χ3v) is 3.47. The minimum atomic E-state index is -0.922. The molecule has 0 aromatic rings. The minimum Gasteiger partial charge on any atom is -0.393 e. The summed E-state index contributed by atoms with van der Waals surface area (Å²) in [5, 5.41) is 12.3. The first-order chi connectivity index (χ1) is 8.57. The third-order valence-electron chi connectivity index (χ3n) is 3.47. The summed E-state index contributed by atoms with van der Waals surface area (Å²) in [5.41, 5.74) is -0.922. The molecule has 2 bridgehead atoms. The van der Waals surface area contributed by atoms with Crippen molar-refractivity contribution in [3.05, 3.63) is 0 Å². The molecule has 7 nitrogen and oxygen atoms in total.